The second kappa shape index (κ2) is 9.19. The van der Waals surface area contributed by atoms with Crippen molar-refractivity contribution in [2.24, 2.45) is 0 Å². The predicted molar refractivity (Wildman–Crippen MR) is 109 cm³/mol. The lowest BCUT2D eigenvalue weighted by Crippen LogP contribution is -2.47. The minimum Gasteiger partial charge on any atom is -0.444 e. The molecule has 8 heteroatoms. The quantitative estimate of drug-likeness (QED) is 0.648. The van der Waals surface area contributed by atoms with Gasteiger partial charge in [-0.3, -0.25) is 4.79 Å². The Morgan fingerprint density at radius 2 is 1.93 bits per heavy atom. The number of anilines is 1. The highest BCUT2D eigenvalue weighted by Gasteiger charge is 2.25. The van der Waals surface area contributed by atoms with Crippen molar-refractivity contribution in [2.75, 3.05) is 5.32 Å². The van der Waals surface area contributed by atoms with Gasteiger partial charge < -0.3 is 15.4 Å². The molecule has 0 saturated carbocycles. The van der Waals surface area contributed by atoms with Crippen molar-refractivity contribution < 1.29 is 14.3 Å². The van der Waals surface area contributed by atoms with Crippen molar-refractivity contribution in [3.63, 3.8) is 0 Å². The fraction of sp³-hybridized carbons (Fsp3) is 0.316. The average Bonchev–Trinajstić information content (AvgIpc) is 2.57. The molecular weight excluding hydrogens is 434 g/mol. The van der Waals surface area contributed by atoms with Crippen LogP contribution in [0.25, 0.3) is 0 Å². The van der Waals surface area contributed by atoms with Gasteiger partial charge in [-0.1, -0.05) is 41.9 Å². The zero-order chi connectivity index (χ0) is 20.0. The minimum atomic E-state index is -0.822. The van der Waals surface area contributed by atoms with Gasteiger partial charge in [0.05, 0.1) is 16.4 Å². The van der Waals surface area contributed by atoms with Gasteiger partial charge in [-0.2, -0.15) is 0 Å². The third-order valence-corrected chi connectivity index (χ3v) is 4.49. The maximum absolute atomic E-state index is 12.8. The Morgan fingerprint density at radius 3 is 2.52 bits per heavy atom. The molecule has 0 fully saturated rings. The van der Waals surface area contributed by atoms with Crippen molar-refractivity contribution in [1.29, 1.82) is 0 Å². The van der Waals surface area contributed by atoms with E-state index in [1.807, 2.05) is 30.3 Å². The molecule has 0 unspecified atom stereocenters. The maximum Gasteiger partial charge on any atom is 0.408 e. The molecule has 1 aromatic carbocycles. The summed E-state index contributed by atoms with van der Waals surface area (Å²) in [5.41, 5.74) is 0.701. The van der Waals surface area contributed by atoms with Crippen LogP contribution in [0.3, 0.4) is 0 Å². The summed E-state index contributed by atoms with van der Waals surface area (Å²) in [5, 5.41) is 5.67. The first kappa shape index (κ1) is 21.2. The Morgan fingerprint density at radius 1 is 1.26 bits per heavy atom. The number of nitrogens with one attached hydrogen (secondary N) is 2. The van der Waals surface area contributed by atoms with Crippen molar-refractivity contribution in [3.05, 3.63) is 57.8 Å². The average molecular weight is 455 g/mol. The van der Waals surface area contributed by atoms with E-state index in [4.69, 9.17) is 16.3 Å². The molecule has 1 aromatic heterocycles. The number of ether oxygens (including phenoxy) is 1. The lowest BCUT2D eigenvalue weighted by molar-refractivity contribution is -0.118. The second-order valence-corrected chi connectivity index (χ2v) is 8.09. The van der Waals surface area contributed by atoms with Crippen LogP contribution in [-0.2, 0) is 16.0 Å². The van der Waals surface area contributed by atoms with Gasteiger partial charge in [-0.25, -0.2) is 9.78 Å². The van der Waals surface area contributed by atoms with E-state index in [9.17, 15) is 9.59 Å². The molecule has 1 atom stereocenters. The molecule has 2 N–H and O–H groups in total. The summed E-state index contributed by atoms with van der Waals surface area (Å²) in [6.45, 7) is 5.28. The summed E-state index contributed by atoms with van der Waals surface area (Å²) in [6.07, 6.45) is 1.10. The van der Waals surface area contributed by atoms with Crippen LogP contribution in [0.5, 0.6) is 0 Å². The third-order valence-electron chi connectivity index (χ3n) is 3.35. The Labute approximate surface area is 171 Å². The first-order chi connectivity index (χ1) is 12.6. The van der Waals surface area contributed by atoms with E-state index in [1.54, 1.807) is 26.8 Å². The van der Waals surface area contributed by atoms with Gasteiger partial charge >= 0.3 is 6.09 Å². The van der Waals surface area contributed by atoms with Gasteiger partial charge in [-0.05, 0) is 48.3 Å². The highest BCUT2D eigenvalue weighted by Crippen LogP contribution is 2.23. The Balaban J connectivity index is 2.15. The van der Waals surface area contributed by atoms with Crippen molar-refractivity contribution in [1.82, 2.24) is 10.3 Å². The van der Waals surface area contributed by atoms with Crippen LogP contribution < -0.4 is 10.6 Å². The number of alkyl carbamates (subject to hydrolysis) is 1. The number of aromatic nitrogens is 1. The van der Waals surface area contributed by atoms with Gasteiger partial charge in [0.1, 0.15) is 16.8 Å². The van der Waals surface area contributed by atoms with Crippen LogP contribution in [-0.4, -0.2) is 28.6 Å². The van der Waals surface area contributed by atoms with Crippen LogP contribution in [0.2, 0.25) is 5.15 Å². The SMILES string of the molecule is CC(C)(C)OC(=O)N[C@H](Cc1ccccc1)C(=O)Nc1cnc(Cl)c(Br)c1. The number of halogens is 2. The highest BCUT2D eigenvalue weighted by molar-refractivity contribution is 9.10. The van der Waals surface area contributed by atoms with E-state index in [-0.39, 0.29) is 5.91 Å². The van der Waals surface area contributed by atoms with E-state index in [1.165, 1.54) is 6.20 Å². The van der Waals surface area contributed by atoms with Gasteiger partial charge in [0.25, 0.3) is 0 Å². The molecule has 6 nitrogen and oxygen atoms in total. The molecule has 27 heavy (non-hydrogen) atoms. The second-order valence-electron chi connectivity index (χ2n) is 6.87. The molecule has 0 saturated heterocycles. The van der Waals surface area contributed by atoms with E-state index < -0.39 is 17.7 Å². The van der Waals surface area contributed by atoms with Crippen LogP contribution in [0.4, 0.5) is 10.5 Å². The molecule has 2 amide bonds. The van der Waals surface area contributed by atoms with Gasteiger partial charge in [-0.15, -0.1) is 0 Å². The molecule has 0 aliphatic rings. The fourth-order valence-corrected chi connectivity index (χ4v) is 2.68. The minimum absolute atomic E-state index is 0.292. The smallest absolute Gasteiger partial charge is 0.408 e. The molecule has 0 aliphatic heterocycles. The number of pyridine rings is 1. The molecular formula is C19H21BrClN3O3. The summed E-state index contributed by atoms with van der Waals surface area (Å²) in [4.78, 5) is 28.9. The highest BCUT2D eigenvalue weighted by atomic mass is 79.9. The van der Waals surface area contributed by atoms with Crippen LogP contribution >= 0.6 is 27.5 Å². The number of hydrogen-bond acceptors (Lipinski definition) is 4. The van der Waals surface area contributed by atoms with Crippen molar-refractivity contribution in [3.8, 4) is 0 Å². The molecule has 0 spiro atoms. The first-order valence-corrected chi connectivity index (χ1v) is 9.46. The molecule has 1 heterocycles. The summed E-state index contributed by atoms with van der Waals surface area (Å²) < 4.78 is 5.83. The van der Waals surface area contributed by atoms with E-state index >= 15 is 0 Å². The summed E-state index contributed by atoms with van der Waals surface area (Å²) in [7, 11) is 0. The molecule has 0 bridgehead atoms. The Bertz CT molecular complexity index is 810. The van der Waals surface area contributed by atoms with Crippen molar-refractivity contribution in [2.45, 2.75) is 38.8 Å². The van der Waals surface area contributed by atoms with Gasteiger partial charge in [0.2, 0.25) is 5.91 Å². The number of rotatable bonds is 5. The Hall–Kier alpha value is -2.12. The van der Waals surface area contributed by atoms with Crippen LogP contribution in [0.15, 0.2) is 47.1 Å². The fourth-order valence-electron chi connectivity index (χ4n) is 2.23. The topological polar surface area (TPSA) is 80.3 Å². The van der Waals surface area contributed by atoms with Crippen LogP contribution in [0.1, 0.15) is 26.3 Å². The summed E-state index contributed by atoms with van der Waals surface area (Å²) in [6, 6.07) is 10.2. The third kappa shape index (κ3) is 7.19. The molecule has 2 aromatic rings. The predicted octanol–water partition coefficient (Wildman–Crippen LogP) is 4.57. The normalized spacial score (nSPS) is 12.2. The van der Waals surface area contributed by atoms with Crippen molar-refractivity contribution >= 4 is 45.2 Å². The number of benzene rings is 1. The van der Waals surface area contributed by atoms with E-state index in [0.29, 0.717) is 21.7 Å². The zero-order valence-corrected chi connectivity index (χ0v) is 17.6. The van der Waals surface area contributed by atoms with E-state index in [2.05, 4.69) is 31.5 Å². The number of nitrogens with zero attached hydrogens (tertiary/aromatic N) is 1. The molecule has 0 radical (unpaired) electrons. The van der Waals surface area contributed by atoms with E-state index in [0.717, 1.165) is 5.56 Å². The standard InChI is InChI=1S/C19H21BrClN3O3/c1-19(2,3)27-18(26)24-15(9-12-7-5-4-6-8-12)17(25)23-13-10-14(20)16(21)22-11-13/h4-8,10-11,15H,9H2,1-3H3,(H,23,25)(H,24,26)/t15-/m1/s1. The number of hydrogen-bond donors (Lipinski definition) is 2. The lowest BCUT2D eigenvalue weighted by atomic mass is 10.1. The number of carbonyl (C=O) groups is 2. The molecule has 2 rings (SSSR count). The largest absolute Gasteiger partial charge is 0.444 e. The molecule has 144 valence electrons. The van der Waals surface area contributed by atoms with Crippen LogP contribution in [0, 0.1) is 0 Å². The van der Waals surface area contributed by atoms with Gasteiger partial charge in [0, 0.05) is 6.42 Å². The zero-order valence-electron chi connectivity index (χ0n) is 15.3. The number of carbonyl (C=O) groups excluding carboxylic acids is 2. The monoisotopic (exact) mass is 453 g/mol. The summed E-state index contributed by atoms with van der Waals surface area (Å²) in [5.74, 6) is -0.388. The number of amides is 2. The Kier molecular flexibility index (Phi) is 7.21. The lowest BCUT2D eigenvalue weighted by Gasteiger charge is -2.23. The molecule has 0 aliphatic carbocycles. The maximum atomic E-state index is 12.8. The van der Waals surface area contributed by atoms with Gasteiger partial charge in [0.15, 0.2) is 0 Å². The first-order valence-electron chi connectivity index (χ1n) is 8.29. The summed E-state index contributed by atoms with van der Waals surface area (Å²) >= 11 is 9.14.